The number of carboxylic acid groups (broad SMARTS) is 1. The molecule has 0 spiro atoms. The molecule has 0 aliphatic heterocycles. The Labute approximate surface area is 113 Å². The maximum absolute atomic E-state index is 10.4. The molecule has 6 N–H and O–H groups in total. The van der Waals surface area contributed by atoms with Crippen LogP contribution in [0.5, 0.6) is 0 Å². The van der Waals surface area contributed by atoms with E-state index in [1.807, 2.05) is 13.8 Å². The monoisotopic (exact) mass is 237 g/mol. The number of hydrogen-bond donors (Lipinski definition) is 2. The topological polar surface area (TPSA) is 129 Å². The SMILES string of the molecule is CC(C)C[C@H](NC=O)C(=O)O.O.O.[CaH2]. The molecule has 0 aliphatic carbocycles. The van der Waals surface area contributed by atoms with Crippen LogP contribution in [0.15, 0.2) is 0 Å². The molecule has 0 saturated heterocycles. The van der Waals surface area contributed by atoms with Gasteiger partial charge in [0, 0.05) is 0 Å². The van der Waals surface area contributed by atoms with Crippen LogP contribution in [0.25, 0.3) is 0 Å². The summed E-state index contributed by atoms with van der Waals surface area (Å²) in [4.78, 5) is 20.3. The zero-order valence-electron chi connectivity index (χ0n) is 7.70. The quantitative estimate of drug-likeness (QED) is 0.410. The molecule has 0 aliphatic rings. The predicted molar refractivity (Wildman–Crippen MR) is 55.9 cm³/mol. The molecule has 1 amide bonds. The van der Waals surface area contributed by atoms with E-state index < -0.39 is 12.0 Å². The number of rotatable bonds is 5. The Kier molecular flexibility index (Phi) is 22.2. The molecule has 0 heterocycles. The molecule has 7 heteroatoms. The van der Waals surface area contributed by atoms with Crippen molar-refractivity contribution >= 4 is 50.1 Å². The van der Waals surface area contributed by atoms with Gasteiger partial charge in [0.2, 0.25) is 6.41 Å². The third kappa shape index (κ3) is 12.1. The van der Waals surface area contributed by atoms with E-state index in [-0.39, 0.29) is 54.6 Å². The normalized spacial score (nSPS) is 9.93. The molecule has 0 unspecified atom stereocenters. The molecule has 0 rings (SSSR count). The van der Waals surface area contributed by atoms with Crippen LogP contribution in [-0.2, 0) is 9.59 Å². The molecule has 14 heavy (non-hydrogen) atoms. The first kappa shape index (κ1) is 23.7. The van der Waals surface area contributed by atoms with Crippen LogP contribution in [0.2, 0.25) is 0 Å². The summed E-state index contributed by atoms with van der Waals surface area (Å²) >= 11 is 0. The van der Waals surface area contributed by atoms with Gasteiger partial charge in [-0.2, -0.15) is 0 Å². The van der Waals surface area contributed by atoms with E-state index in [2.05, 4.69) is 5.32 Å². The van der Waals surface area contributed by atoms with Gasteiger partial charge in [-0.1, -0.05) is 13.8 Å². The van der Waals surface area contributed by atoms with Gasteiger partial charge >= 0.3 is 43.7 Å². The molecule has 6 nitrogen and oxygen atoms in total. The molecule has 0 bridgehead atoms. The maximum atomic E-state index is 10.4. The minimum absolute atomic E-state index is 0. The molecule has 0 fully saturated rings. The minimum atomic E-state index is -0.981. The van der Waals surface area contributed by atoms with Crippen molar-refractivity contribution in [3.63, 3.8) is 0 Å². The van der Waals surface area contributed by atoms with Crippen LogP contribution in [0, 0.1) is 5.92 Å². The van der Waals surface area contributed by atoms with Gasteiger partial charge in [0.05, 0.1) is 0 Å². The van der Waals surface area contributed by atoms with Crippen molar-refractivity contribution in [2.45, 2.75) is 26.3 Å². The number of carbonyl (C=O) groups excluding carboxylic acids is 1. The van der Waals surface area contributed by atoms with E-state index in [1.54, 1.807) is 0 Å². The van der Waals surface area contributed by atoms with Gasteiger partial charge in [-0.25, -0.2) is 4.79 Å². The summed E-state index contributed by atoms with van der Waals surface area (Å²) in [7, 11) is 0. The van der Waals surface area contributed by atoms with E-state index in [4.69, 9.17) is 5.11 Å². The fourth-order valence-corrected chi connectivity index (χ4v) is 0.794. The second-order valence-corrected chi connectivity index (χ2v) is 2.80. The van der Waals surface area contributed by atoms with E-state index in [1.165, 1.54) is 0 Å². The average molecular weight is 237 g/mol. The summed E-state index contributed by atoms with van der Waals surface area (Å²) < 4.78 is 0. The van der Waals surface area contributed by atoms with Gasteiger partial charge in [0.15, 0.2) is 0 Å². The first-order chi connectivity index (χ1) is 5.07. The van der Waals surface area contributed by atoms with E-state index >= 15 is 0 Å². The van der Waals surface area contributed by atoms with Crippen LogP contribution >= 0.6 is 0 Å². The zero-order chi connectivity index (χ0) is 8.85. The standard InChI is InChI=1S/C7H13NO3.Ca.2H2O.2H/c1-5(2)3-6(7(10)11)8-4-9;;;;;/h4-6H,3H2,1-2H3,(H,8,9)(H,10,11);;2*1H2;;/t6-;;;;;/m0...../s1. The number of carbonyl (C=O) groups is 2. The Hall–Kier alpha value is 0.120. The number of aliphatic carboxylic acids is 1. The summed E-state index contributed by atoms with van der Waals surface area (Å²) in [6.07, 6.45) is 0.884. The average Bonchev–Trinajstić information content (AvgIpc) is 1.86. The third-order valence-corrected chi connectivity index (χ3v) is 1.27. The fraction of sp³-hybridized carbons (Fsp3) is 0.714. The van der Waals surface area contributed by atoms with E-state index in [0.29, 0.717) is 12.8 Å². The van der Waals surface area contributed by atoms with Gasteiger partial charge in [0.25, 0.3) is 0 Å². The van der Waals surface area contributed by atoms with Gasteiger partial charge in [0.1, 0.15) is 6.04 Å². The molecule has 0 aromatic carbocycles. The van der Waals surface area contributed by atoms with Crippen molar-refractivity contribution in [1.29, 1.82) is 0 Å². The number of amides is 1. The molecular weight excluding hydrogens is 218 g/mol. The van der Waals surface area contributed by atoms with Crippen LogP contribution in [0.4, 0.5) is 0 Å². The van der Waals surface area contributed by atoms with Crippen molar-refractivity contribution in [3.8, 4) is 0 Å². The number of carboxylic acids is 1. The second-order valence-electron chi connectivity index (χ2n) is 2.80. The van der Waals surface area contributed by atoms with Crippen LogP contribution in [-0.4, -0.2) is 72.2 Å². The first-order valence-electron chi connectivity index (χ1n) is 3.50. The van der Waals surface area contributed by atoms with Crippen molar-refractivity contribution in [2.24, 2.45) is 5.92 Å². The zero-order valence-corrected chi connectivity index (χ0v) is 7.70. The second kappa shape index (κ2) is 13.1. The van der Waals surface area contributed by atoms with Crippen molar-refractivity contribution in [3.05, 3.63) is 0 Å². The Morgan fingerprint density at radius 1 is 1.43 bits per heavy atom. The van der Waals surface area contributed by atoms with Crippen LogP contribution in [0.1, 0.15) is 20.3 Å². The molecule has 0 aromatic rings. The van der Waals surface area contributed by atoms with E-state index in [0.717, 1.165) is 0 Å². The van der Waals surface area contributed by atoms with E-state index in [9.17, 15) is 9.59 Å². The molecule has 84 valence electrons. The summed E-state index contributed by atoms with van der Waals surface area (Å²) in [5.41, 5.74) is 0. The third-order valence-electron chi connectivity index (χ3n) is 1.27. The Balaban J connectivity index is -0.000000167. The van der Waals surface area contributed by atoms with Gasteiger partial charge < -0.3 is 21.4 Å². The Bertz CT molecular complexity index is 153. The Morgan fingerprint density at radius 3 is 2.07 bits per heavy atom. The van der Waals surface area contributed by atoms with Gasteiger partial charge in [-0.05, 0) is 12.3 Å². The molecule has 1 atom stereocenters. The van der Waals surface area contributed by atoms with Crippen LogP contribution < -0.4 is 5.32 Å². The predicted octanol–water partition coefficient (Wildman–Crippen LogP) is -2.33. The number of hydrogen-bond acceptors (Lipinski definition) is 2. The summed E-state index contributed by atoms with van der Waals surface area (Å²) in [5, 5.41) is 10.8. The molecule has 0 radical (unpaired) electrons. The fourth-order valence-electron chi connectivity index (χ4n) is 0.794. The first-order valence-corrected chi connectivity index (χ1v) is 3.50. The van der Waals surface area contributed by atoms with Gasteiger partial charge in [-0.3, -0.25) is 4.79 Å². The summed E-state index contributed by atoms with van der Waals surface area (Å²) in [6, 6.07) is -0.743. The molecule has 0 aromatic heterocycles. The van der Waals surface area contributed by atoms with Crippen molar-refractivity contribution in [2.75, 3.05) is 0 Å². The summed E-state index contributed by atoms with van der Waals surface area (Å²) in [6.45, 7) is 3.81. The Morgan fingerprint density at radius 2 is 1.86 bits per heavy atom. The number of nitrogens with one attached hydrogen (secondary N) is 1. The van der Waals surface area contributed by atoms with Crippen molar-refractivity contribution in [1.82, 2.24) is 5.32 Å². The summed E-state index contributed by atoms with van der Waals surface area (Å²) in [5.74, 6) is -0.714. The van der Waals surface area contributed by atoms with Crippen LogP contribution in [0.3, 0.4) is 0 Å². The molecular formula is C7H19CaNO5. The van der Waals surface area contributed by atoms with Crippen molar-refractivity contribution < 1.29 is 25.6 Å². The molecule has 0 saturated carbocycles. The van der Waals surface area contributed by atoms with Gasteiger partial charge in [-0.15, -0.1) is 0 Å².